The summed E-state index contributed by atoms with van der Waals surface area (Å²) in [7, 11) is 0. The number of hydrogen-bond acceptors (Lipinski definition) is 2. The quantitative estimate of drug-likeness (QED) is 0.629. The van der Waals surface area contributed by atoms with Crippen LogP contribution < -0.4 is 10.6 Å². The van der Waals surface area contributed by atoms with Crippen LogP contribution >= 0.6 is 0 Å². The van der Waals surface area contributed by atoms with E-state index in [2.05, 4.69) is 17.6 Å². The first-order valence-electron chi connectivity index (χ1n) is 7.75. The lowest BCUT2D eigenvalue weighted by atomic mass is 9.80. The Bertz CT molecular complexity index is 320. The van der Waals surface area contributed by atoms with Crippen molar-refractivity contribution in [2.24, 2.45) is 17.8 Å². The summed E-state index contributed by atoms with van der Waals surface area (Å²) >= 11 is 0. The van der Waals surface area contributed by atoms with Crippen LogP contribution in [0.5, 0.6) is 0 Å². The number of rotatable bonds is 7. The molecule has 3 unspecified atom stereocenters. The molecule has 1 saturated carbocycles. The molecule has 0 aliphatic heterocycles. The van der Waals surface area contributed by atoms with Crippen LogP contribution in [0.1, 0.15) is 52.4 Å². The zero-order chi connectivity index (χ0) is 15.0. The standard InChI is InChI=1S/C15H28N2O3/c1-11-6-3-4-8-13(11)10-17-15(20)16-9-5-7-12(2)14(18)19/h11-13H,3-10H2,1-2H3,(H,18,19)(H2,16,17,20). The average molecular weight is 284 g/mol. The van der Waals surface area contributed by atoms with Gasteiger partial charge in [0.1, 0.15) is 0 Å². The number of carbonyl (C=O) groups is 2. The SMILES string of the molecule is CC(CCCNC(=O)NCC1CCCCC1C)C(=O)O. The van der Waals surface area contributed by atoms with Crippen LogP contribution in [-0.2, 0) is 4.79 Å². The van der Waals surface area contributed by atoms with Crippen molar-refractivity contribution in [3.63, 3.8) is 0 Å². The highest BCUT2D eigenvalue weighted by molar-refractivity contribution is 5.73. The lowest BCUT2D eigenvalue weighted by Gasteiger charge is -2.28. The maximum absolute atomic E-state index is 11.6. The Labute approximate surface area is 121 Å². The Hall–Kier alpha value is -1.26. The molecule has 3 N–H and O–H groups in total. The van der Waals surface area contributed by atoms with Gasteiger partial charge >= 0.3 is 12.0 Å². The summed E-state index contributed by atoms with van der Waals surface area (Å²) in [5.41, 5.74) is 0. The molecule has 2 amide bonds. The van der Waals surface area contributed by atoms with Crippen molar-refractivity contribution < 1.29 is 14.7 Å². The van der Waals surface area contributed by atoms with Crippen molar-refractivity contribution in [2.75, 3.05) is 13.1 Å². The fourth-order valence-corrected chi connectivity index (χ4v) is 2.72. The second-order valence-electron chi connectivity index (χ2n) is 6.04. The van der Waals surface area contributed by atoms with Gasteiger partial charge in [0, 0.05) is 13.1 Å². The number of carbonyl (C=O) groups excluding carboxylic acids is 1. The zero-order valence-corrected chi connectivity index (χ0v) is 12.7. The normalized spacial score (nSPS) is 23.9. The summed E-state index contributed by atoms with van der Waals surface area (Å²) in [4.78, 5) is 22.3. The second-order valence-corrected chi connectivity index (χ2v) is 6.04. The Morgan fingerprint density at radius 1 is 1.25 bits per heavy atom. The van der Waals surface area contributed by atoms with Crippen molar-refractivity contribution in [1.29, 1.82) is 0 Å². The molecule has 3 atom stereocenters. The highest BCUT2D eigenvalue weighted by Gasteiger charge is 2.21. The van der Waals surface area contributed by atoms with E-state index in [4.69, 9.17) is 5.11 Å². The fraction of sp³-hybridized carbons (Fsp3) is 0.867. The third kappa shape index (κ3) is 6.26. The van der Waals surface area contributed by atoms with Crippen molar-refractivity contribution in [2.45, 2.75) is 52.4 Å². The van der Waals surface area contributed by atoms with Crippen LogP contribution in [0.2, 0.25) is 0 Å². The Kier molecular flexibility index (Phi) is 7.41. The lowest BCUT2D eigenvalue weighted by Crippen LogP contribution is -2.40. The topological polar surface area (TPSA) is 78.4 Å². The number of carboxylic acid groups (broad SMARTS) is 1. The number of hydrogen-bond donors (Lipinski definition) is 3. The molecule has 5 nitrogen and oxygen atoms in total. The maximum Gasteiger partial charge on any atom is 0.314 e. The van der Waals surface area contributed by atoms with Crippen LogP contribution in [0.4, 0.5) is 4.79 Å². The van der Waals surface area contributed by atoms with Gasteiger partial charge in [0.15, 0.2) is 0 Å². The van der Waals surface area contributed by atoms with Gasteiger partial charge < -0.3 is 15.7 Å². The molecule has 1 aliphatic carbocycles. The van der Waals surface area contributed by atoms with E-state index in [1.165, 1.54) is 25.7 Å². The van der Waals surface area contributed by atoms with Gasteiger partial charge in [0.25, 0.3) is 0 Å². The Balaban J connectivity index is 2.07. The first kappa shape index (κ1) is 16.8. The molecule has 20 heavy (non-hydrogen) atoms. The molecule has 1 fully saturated rings. The molecule has 0 bridgehead atoms. The Morgan fingerprint density at radius 2 is 1.95 bits per heavy atom. The summed E-state index contributed by atoms with van der Waals surface area (Å²) in [6.45, 7) is 5.23. The van der Waals surface area contributed by atoms with E-state index < -0.39 is 5.97 Å². The largest absolute Gasteiger partial charge is 0.481 e. The van der Waals surface area contributed by atoms with Gasteiger partial charge in [-0.15, -0.1) is 0 Å². The van der Waals surface area contributed by atoms with Gasteiger partial charge in [0.05, 0.1) is 5.92 Å². The van der Waals surface area contributed by atoms with E-state index in [1.54, 1.807) is 6.92 Å². The number of carboxylic acids is 1. The van der Waals surface area contributed by atoms with Gasteiger partial charge in [-0.1, -0.05) is 33.1 Å². The van der Waals surface area contributed by atoms with E-state index in [9.17, 15) is 9.59 Å². The molecule has 0 aromatic heterocycles. The lowest BCUT2D eigenvalue weighted by molar-refractivity contribution is -0.141. The first-order chi connectivity index (χ1) is 9.50. The summed E-state index contributed by atoms with van der Waals surface area (Å²) in [6, 6.07) is -0.134. The number of nitrogens with one attached hydrogen (secondary N) is 2. The van der Waals surface area contributed by atoms with Gasteiger partial charge in [-0.2, -0.15) is 0 Å². The molecule has 0 aromatic carbocycles. The molecule has 0 heterocycles. The zero-order valence-electron chi connectivity index (χ0n) is 12.7. The predicted octanol–water partition coefficient (Wildman–Crippen LogP) is 2.61. The van der Waals surface area contributed by atoms with Crippen molar-refractivity contribution >= 4 is 12.0 Å². The molecule has 0 saturated heterocycles. The van der Waals surface area contributed by atoms with Crippen LogP contribution in [0, 0.1) is 17.8 Å². The predicted molar refractivity (Wildman–Crippen MR) is 78.6 cm³/mol. The van der Waals surface area contributed by atoms with Crippen molar-refractivity contribution in [3.05, 3.63) is 0 Å². The minimum atomic E-state index is -0.777. The number of urea groups is 1. The minimum Gasteiger partial charge on any atom is -0.481 e. The maximum atomic E-state index is 11.6. The van der Waals surface area contributed by atoms with Gasteiger partial charge in [-0.3, -0.25) is 4.79 Å². The van der Waals surface area contributed by atoms with Crippen molar-refractivity contribution in [3.8, 4) is 0 Å². The fourth-order valence-electron chi connectivity index (χ4n) is 2.72. The first-order valence-corrected chi connectivity index (χ1v) is 7.75. The smallest absolute Gasteiger partial charge is 0.314 e. The molecule has 0 aromatic rings. The Morgan fingerprint density at radius 3 is 2.60 bits per heavy atom. The average Bonchev–Trinajstić information content (AvgIpc) is 2.42. The molecule has 5 heteroatoms. The van der Waals surface area contributed by atoms with Gasteiger partial charge in [-0.05, 0) is 31.1 Å². The molecule has 0 radical (unpaired) electrons. The van der Waals surface area contributed by atoms with Crippen LogP contribution in [-0.4, -0.2) is 30.2 Å². The molecular formula is C15H28N2O3. The van der Waals surface area contributed by atoms with E-state index in [1.807, 2.05) is 0 Å². The summed E-state index contributed by atoms with van der Waals surface area (Å²) in [5.74, 6) is 0.172. The van der Waals surface area contributed by atoms with Gasteiger partial charge in [-0.25, -0.2) is 4.79 Å². The summed E-state index contributed by atoms with van der Waals surface area (Å²) in [5, 5.41) is 14.5. The monoisotopic (exact) mass is 284 g/mol. The van der Waals surface area contributed by atoms with E-state index >= 15 is 0 Å². The third-order valence-corrected chi connectivity index (χ3v) is 4.33. The molecule has 0 spiro atoms. The van der Waals surface area contributed by atoms with Crippen LogP contribution in [0.3, 0.4) is 0 Å². The van der Waals surface area contributed by atoms with Crippen LogP contribution in [0.15, 0.2) is 0 Å². The van der Waals surface area contributed by atoms with Crippen molar-refractivity contribution in [1.82, 2.24) is 10.6 Å². The number of amides is 2. The molecule has 1 rings (SSSR count). The van der Waals surface area contributed by atoms with E-state index in [0.717, 1.165) is 6.54 Å². The summed E-state index contributed by atoms with van der Waals surface area (Å²) in [6.07, 6.45) is 6.34. The molecular weight excluding hydrogens is 256 g/mol. The molecule has 1 aliphatic rings. The van der Waals surface area contributed by atoms with E-state index in [0.29, 0.717) is 31.2 Å². The summed E-state index contributed by atoms with van der Waals surface area (Å²) < 4.78 is 0. The van der Waals surface area contributed by atoms with Gasteiger partial charge in [0.2, 0.25) is 0 Å². The number of aliphatic carboxylic acids is 1. The second kappa shape index (κ2) is 8.82. The highest BCUT2D eigenvalue weighted by Crippen LogP contribution is 2.28. The minimum absolute atomic E-state index is 0.134. The van der Waals surface area contributed by atoms with Crippen LogP contribution in [0.25, 0.3) is 0 Å². The third-order valence-electron chi connectivity index (χ3n) is 4.33. The highest BCUT2D eigenvalue weighted by atomic mass is 16.4. The van der Waals surface area contributed by atoms with E-state index in [-0.39, 0.29) is 11.9 Å². The molecule has 116 valence electrons.